The zero-order valence-corrected chi connectivity index (χ0v) is 16.9. The van der Waals surface area contributed by atoms with Gasteiger partial charge in [0.05, 0.1) is 13.2 Å². The number of halogens is 1. The van der Waals surface area contributed by atoms with Crippen molar-refractivity contribution >= 4 is 17.6 Å². The fraction of sp³-hybridized carbons (Fsp3) is 0.364. The molecule has 0 atom stereocenters. The summed E-state index contributed by atoms with van der Waals surface area (Å²) >= 11 is 0. The summed E-state index contributed by atoms with van der Waals surface area (Å²) in [7, 11) is 0. The molecule has 1 aliphatic rings. The van der Waals surface area contributed by atoms with Crippen LogP contribution in [0, 0.1) is 5.82 Å². The van der Waals surface area contributed by atoms with Gasteiger partial charge in [0.15, 0.2) is 0 Å². The van der Waals surface area contributed by atoms with Gasteiger partial charge >= 0.3 is 6.03 Å². The van der Waals surface area contributed by atoms with E-state index in [1.54, 1.807) is 21.9 Å². The first-order valence-corrected chi connectivity index (χ1v) is 10.0. The standard InChI is InChI=1S/C22H27FN4O3/c23-19-6-2-5-18(15-19)21(28)27(9-3-8-24)16-17-4-1-7-20(14-17)25-22(29)26-10-12-30-13-11-26/h1-2,4-7,14-15H,3,8-13,16,24H2,(H,25,29). The number of ether oxygens (including phenoxy) is 1. The number of nitrogens with one attached hydrogen (secondary N) is 1. The molecular formula is C22H27FN4O3. The minimum Gasteiger partial charge on any atom is -0.378 e. The maximum absolute atomic E-state index is 13.6. The van der Waals surface area contributed by atoms with E-state index < -0.39 is 5.82 Å². The smallest absolute Gasteiger partial charge is 0.321 e. The van der Waals surface area contributed by atoms with Gasteiger partial charge in [-0.1, -0.05) is 18.2 Å². The lowest BCUT2D eigenvalue weighted by molar-refractivity contribution is 0.0564. The number of nitrogens with two attached hydrogens (primary N) is 1. The third-order valence-corrected chi connectivity index (χ3v) is 4.84. The number of carbonyl (C=O) groups is 2. The van der Waals surface area contributed by atoms with Crippen molar-refractivity contribution in [1.29, 1.82) is 0 Å². The van der Waals surface area contributed by atoms with E-state index in [0.29, 0.717) is 63.6 Å². The number of carbonyl (C=O) groups excluding carboxylic acids is 2. The SMILES string of the molecule is NCCCN(Cc1cccc(NC(=O)N2CCOCC2)c1)C(=O)c1cccc(F)c1. The molecule has 0 saturated carbocycles. The van der Waals surface area contributed by atoms with Crippen LogP contribution >= 0.6 is 0 Å². The van der Waals surface area contributed by atoms with Crippen LogP contribution in [0.4, 0.5) is 14.9 Å². The highest BCUT2D eigenvalue weighted by molar-refractivity contribution is 5.94. The summed E-state index contributed by atoms with van der Waals surface area (Å²) in [6.45, 7) is 3.41. The lowest BCUT2D eigenvalue weighted by Gasteiger charge is -2.27. The summed E-state index contributed by atoms with van der Waals surface area (Å²) in [6, 6.07) is 12.8. The average Bonchev–Trinajstić information content (AvgIpc) is 2.77. The molecule has 0 unspecified atom stereocenters. The van der Waals surface area contributed by atoms with Gasteiger partial charge in [-0.2, -0.15) is 0 Å². The van der Waals surface area contributed by atoms with Crippen LogP contribution in [0.15, 0.2) is 48.5 Å². The molecule has 1 heterocycles. The van der Waals surface area contributed by atoms with Crippen LogP contribution in [-0.2, 0) is 11.3 Å². The van der Waals surface area contributed by atoms with E-state index in [4.69, 9.17) is 10.5 Å². The van der Waals surface area contributed by atoms with Crippen molar-refractivity contribution in [1.82, 2.24) is 9.80 Å². The van der Waals surface area contributed by atoms with E-state index in [-0.39, 0.29) is 11.9 Å². The minimum absolute atomic E-state index is 0.175. The summed E-state index contributed by atoms with van der Waals surface area (Å²) in [5.74, 6) is -0.710. The molecule has 3 N–H and O–H groups in total. The maximum Gasteiger partial charge on any atom is 0.321 e. The summed E-state index contributed by atoms with van der Waals surface area (Å²) in [5, 5.41) is 2.90. The Morgan fingerprint density at radius 2 is 1.90 bits per heavy atom. The molecular weight excluding hydrogens is 387 g/mol. The van der Waals surface area contributed by atoms with Crippen LogP contribution in [0.25, 0.3) is 0 Å². The molecule has 0 bridgehead atoms. The molecule has 0 aliphatic carbocycles. The van der Waals surface area contributed by atoms with Gasteiger partial charge in [0.1, 0.15) is 5.82 Å². The number of amides is 3. The third-order valence-electron chi connectivity index (χ3n) is 4.84. The summed E-state index contributed by atoms with van der Waals surface area (Å²) < 4.78 is 18.8. The second kappa shape index (κ2) is 10.7. The van der Waals surface area contributed by atoms with Gasteiger partial charge in [0, 0.05) is 37.4 Å². The lowest BCUT2D eigenvalue weighted by Crippen LogP contribution is -2.43. The summed E-state index contributed by atoms with van der Waals surface area (Å²) in [4.78, 5) is 28.7. The van der Waals surface area contributed by atoms with Gasteiger partial charge < -0.3 is 25.6 Å². The number of nitrogens with zero attached hydrogens (tertiary/aromatic N) is 2. The van der Waals surface area contributed by atoms with Crippen molar-refractivity contribution in [3.8, 4) is 0 Å². The third kappa shape index (κ3) is 6.01. The molecule has 3 amide bonds. The number of rotatable bonds is 7. The Kier molecular flexibility index (Phi) is 7.75. The van der Waals surface area contributed by atoms with Gasteiger partial charge in [-0.25, -0.2) is 9.18 Å². The Morgan fingerprint density at radius 3 is 2.63 bits per heavy atom. The van der Waals surface area contributed by atoms with Crippen LogP contribution in [-0.4, -0.2) is 61.1 Å². The highest BCUT2D eigenvalue weighted by Crippen LogP contribution is 2.16. The monoisotopic (exact) mass is 414 g/mol. The van der Waals surface area contributed by atoms with Crippen molar-refractivity contribution in [2.45, 2.75) is 13.0 Å². The van der Waals surface area contributed by atoms with E-state index in [1.165, 1.54) is 18.2 Å². The highest BCUT2D eigenvalue weighted by Gasteiger charge is 2.18. The Hall–Kier alpha value is -2.97. The summed E-state index contributed by atoms with van der Waals surface area (Å²) in [6.07, 6.45) is 0.633. The van der Waals surface area contributed by atoms with Gasteiger partial charge in [-0.3, -0.25) is 4.79 Å². The minimum atomic E-state index is -0.451. The van der Waals surface area contributed by atoms with Crippen LogP contribution in [0.2, 0.25) is 0 Å². The zero-order valence-electron chi connectivity index (χ0n) is 16.9. The quantitative estimate of drug-likeness (QED) is 0.729. The molecule has 2 aromatic carbocycles. The number of hydrogen-bond acceptors (Lipinski definition) is 4. The molecule has 2 aromatic rings. The Bertz CT molecular complexity index is 871. The van der Waals surface area contributed by atoms with E-state index in [2.05, 4.69) is 5.32 Å². The number of benzene rings is 2. The van der Waals surface area contributed by atoms with Crippen molar-refractivity contribution in [3.63, 3.8) is 0 Å². The molecule has 0 radical (unpaired) electrons. The predicted octanol–water partition coefficient (Wildman–Crippen LogP) is 2.68. The Balaban J connectivity index is 1.70. The first-order chi connectivity index (χ1) is 14.6. The molecule has 8 heteroatoms. The average molecular weight is 414 g/mol. The number of anilines is 1. The van der Waals surface area contributed by atoms with Gasteiger partial charge in [-0.15, -0.1) is 0 Å². The number of hydrogen-bond donors (Lipinski definition) is 2. The largest absolute Gasteiger partial charge is 0.378 e. The van der Waals surface area contributed by atoms with E-state index >= 15 is 0 Å². The Labute approximate surface area is 175 Å². The predicted molar refractivity (Wildman–Crippen MR) is 113 cm³/mol. The fourth-order valence-electron chi connectivity index (χ4n) is 3.28. The van der Waals surface area contributed by atoms with Crippen LogP contribution in [0.3, 0.4) is 0 Å². The second-order valence-electron chi connectivity index (χ2n) is 7.11. The first-order valence-electron chi connectivity index (χ1n) is 10.0. The van der Waals surface area contributed by atoms with Crippen molar-refractivity contribution in [3.05, 3.63) is 65.5 Å². The highest BCUT2D eigenvalue weighted by atomic mass is 19.1. The molecule has 0 spiro atoms. The molecule has 3 rings (SSSR count). The second-order valence-corrected chi connectivity index (χ2v) is 7.11. The molecule has 1 saturated heterocycles. The van der Waals surface area contributed by atoms with E-state index in [1.807, 2.05) is 18.2 Å². The van der Waals surface area contributed by atoms with Crippen LogP contribution in [0.1, 0.15) is 22.3 Å². The van der Waals surface area contributed by atoms with Crippen molar-refractivity contribution < 1.29 is 18.7 Å². The topological polar surface area (TPSA) is 87.9 Å². The normalized spacial score (nSPS) is 13.7. The fourth-order valence-corrected chi connectivity index (χ4v) is 3.28. The van der Waals surface area contributed by atoms with Gasteiger partial charge in [0.25, 0.3) is 5.91 Å². The van der Waals surface area contributed by atoms with Crippen LogP contribution < -0.4 is 11.1 Å². The first kappa shape index (κ1) is 21.7. The van der Waals surface area contributed by atoms with Gasteiger partial charge in [-0.05, 0) is 48.9 Å². The summed E-state index contributed by atoms with van der Waals surface area (Å²) in [5.41, 5.74) is 7.43. The molecule has 30 heavy (non-hydrogen) atoms. The number of urea groups is 1. The molecule has 7 nitrogen and oxygen atoms in total. The van der Waals surface area contributed by atoms with E-state index in [9.17, 15) is 14.0 Å². The molecule has 1 aliphatic heterocycles. The van der Waals surface area contributed by atoms with Gasteiger partial charge in [0.2, 0.25) is 0 Å². The van der Waals surface area contributed by atoms with E-state index in [0.717, 1.165) is 5.56 Å². The zero-order chi connectivity index (χ0) is 21.3. The van der Waals surface area contributed by atoms with Crippen molar-refractivity contribution in [2.24, 2.45) is 5.73 Å². The lowest BCUT2D eigenvalue weighted by atomic mass is 10.1. The molecule has 160 valence electrons. The molecule has 0 aromatic heterocycles. The Morgan fingerprint density at radius 1 is 1.13 bits per heavy atom. The molecule has 1 fully saturated rings. The maximum atomic E-state index is 13.6. The van der Waals surface area contributed by atoms with Crippen LogP contribution in [0.5, 0.6) is 0 Å². The van der Waals surface area contributed by atoms with Crippen molar-refractivity contribution in [2.75, 3.05) is 44.7 Å². The number of morpholine rings is 1.